The van der Waals surface area contributed by atoms with Crippen molar-refractivity contribution in [3.8, 4) is 11.3 Å². The molecule has 0 unspecified atom stereocenters. The molecule has 2 aromatic heterocycles. The van der Waals surface area contributed by atoms with Gasteiger partial charge in [0.1, 0.15) is 0 Å². The molecule has 2 N–H and O–H groups in total. The maximum atomic E-state index is 8.99. The van der Waals surface area contributed by atoms with E-state index in [9.17, 15) is 0 Å². The lowest BCUT2D eigenvalue weighted by atomic mass is 9.99. The fourth-order valence-corrected chi connectivity index (χ4v) is 3.99. The van der Waals surface area contributed by atoms with Gasteiger partial charge in [0.25, 0.3) is 0 Å². The minimum absolute atomic E-state index is 0.280. The molecule has 0 saturated carbocycles. The predicted molar refractivity (Wildman–Crippen MR) is 123 cm³/mol. The topological polar surface area (TPSA) is 79.1 Å². The van der Waals surface area contributed by atoms with Crippen LogP contribution in [0, 0.1) is 6.92 Å². The second-order valence-corrected chi connectivity index (χ2v) is 8.59. The molecule has 0 saturated heterocycles. The monoisotopic (exact) mass is 420 g/mol. The summed E-state index contributed by atoms with van der Waals surface area (Å²) in [5.41, 5.74) is 6.71. The van der Waals surface area contributed by atoms with Crippen LogP contribution in [0.25, 0.3) is 11.3 Å². The number of hydrogen-bond donors (Lipinski definition) is 2. The van der Waals surface area contributed by atoms with Crippen molar-refractivity contribution in [2.24, 2.45) is 0 Å². The Kier molecular flexibility index (Phi) is 6.63. The van der Waals surface area contributed by atoms with E-state index in [0.717, 1.165) is 61.4 Å². The highest BCUT2D eigenvalue weighted by molar-refractivity contribution is 5.64. The fraction of sp³-hybridized carbons (Fsp3) is 0.458. The summed E-state index contributed by atoms with van der Waals surface area (Å²) in [4.78, 5) is 11.7. The average molecular weight is 421 g/mol. The third kappa shape index (κ3) is 5.11. The van der Waals surface area contributed by atoms with Gasteiger partial charge in [0, 0.05) is 49.4 Å². The highest BCUT2D eigenvalue weighted by atomic mass is 16.2. The molecule has 1 aliphatic heterocycles. The van der Waals surface area contributed by atoms with E-state index in [0.29, 0.717) is 12.0 Å². The molecule has 1 aliphatic rings. The zero-order chi connectivity index (χ0) is 21.8. The van der Waals surface area contributed by atoms with Crippen molar-refractivity contribution >= 4 is 11.6 Å². The van der Waals surface area contributed by atoms with Crippen LogP contribution in [0.1, 0.15) is 49.4 Å². The first kappa shape index (κ1) is 21.5. The largest absolute Gasteiger partial charge is 0.396 e. The molecular formula is C24H32N6O. The molecular weight excluding hydrogens is 388 g/mol. The Hall–Kier alpha value is -2.77. The number of nitrogens with zero attached hydrogens (tertiary/aromatic N) is 5. The van der Waals surface area contributed by atoms with Gasteiger partial charge in [0.15, 0.2) is 0 Å². The quantitative estimate of drug-likeness (QED) is 0.534. The van der Waals surface area contributed by atoms with E-state index in [1.54, 1.807) is 0 Å². The van der Waals surface area contributed by atoms with Gasteiger partial charge in [-0.05, 0) is 75.4 Å². The third-order valence-electron chi connectivity index (χ3n) is 5.81. The van der Waals surface area contributed by atoms with Gasteiger partial charge in [-0.15, -0.1) is 0 Å². The van der Waals surface area contributed by atoms with Crippen molar-refractivity contribution in [1.29, 1.82) is 0 Å². The predicted octanol–water partition coefficient (Wildman–Crippen LogP) is 4.10. The van der Waals surface area contributed by atoms with Gasteiger partial charge in [-0.1, -0.05) is 6.07 Å². The van der Waals surface area contributed by atoms with E-state index < -0.39 is 0 Å². The molecule has 1 aromatic carbocycles. The summed E-state index contributed by atoms with van der Waals surface area (Å²) in [6.07, 6.45) is 8.73. The molecule has 31 heavy (non-hydrogen) atoms. The van der Waals surface area contributed by atoms with E-state index >= 15 is 0 Å². The molecule has 0 atom stereocenters. The number of fused-ring (bicyclic) bond motifs is 1. The van der Waals surface area contributed by atoms with Crippen molar-refractivity contribution in [3.63, 3.8) is 0 Å². The number of nitrogens with one attached hydrogen (secondary N) is 1. The lowest BCUT2D eigenvalue weighted by molar-refractivity contribution is 0.229. The molecule has 0 aliphatic carbocycles. The Labute approximate surface area is 184 Å². The second kappa shape index (κ2) is 9.58. The Morgan fingerprint density at radius 2 is 2.03 bits per heavy atom. The highest BCUT2D eigenvalue weighted by Gasteiger charge is 2.17. The summed E-state index contributed by atoms with van der Waals surface area (Å²) in [6, 6.07) is 6.85. The van der Waals surface area contributed by atoms with E-state index in [1.165, 1.54) is 11.1 Å². The Bertz CT molecular complexity index is 1030. The smallest absolute Gasteiger partial charge is 0.227 e. The van der Waals surface area contributed by atoms with Crippen LogP contribution in [-0.2, 0) is 13.0 Å². The lowest BCUT2D eigenvalue weighted by Crippen LogP contribution is -2.31. The minimum Gasteiger partial charge on any atom is -0.396 e. The fourth-order valence-electron chi connectivity index (χ4n) is 3.99. The van der Waals surface area contributed by atoms with E-state index in [1.807, 2.05) is 30.2 Å². The van der Waals surface area contributed by atoms with Crippen LogP contribution >= 0.6 is 0 Å². The van der Waals surface area contributed by atoms with Gasteiger partial charge in [-0.3, -0.25) is 9.58 Å². The molecule has 0 radical (unpaired) electrons. The molecule has 7 nitrogen and oxygen atoms in total. The minimum atomic E-state index is 0.280. The van der Waals surface area contributed by atoms with Crippen LogP contribution in [0.15, 0.2) is 36.8 Å². The Morgan fingerprint density at radius 1 is 1.16 bits per heavy atom. The SMILES string of the molecule is Cc1cnc(Nc2ccc3c(c2)CCN(CCCCO)C3)nc1-c1cnn(C(C)C)c1. The number of aromatic nitrogens is 4. The molecule has 0 spiro atoms. The Balaban J connectivity index is 1.47. The lowest BCUT2D eigenvalue weighted by Gasteiger charge is -2.29. The zero-order valence-corrected chi connectivity index (χ0v) is 18.7. The molecule has 0 bridgehead atoms. The number of aliphatic hydroxyl groups is 1. The van der Waals surface area contributed by atoms with E-state index in [2.05, 4.69) is 52.3 Å². The first-order valence-corrected chi connectivity index (χ1v) is 11.1. The van der Waals surface area contributed by atoms with Gasteiger partial charge >= 0.3 is 0 Å². The zero-order valence-electron chi connectivity index (χ0n) is 18.7. The summed E-state index contributed by atoms with van der Waals surface area (Å²) in [6.45, 7) is 9.62. The molecule has 164 valence electrons. The first-order valence-electron chi connectivity index (χ1n) is 11.1. The van der Waals surface area contributed by atoms with Crippen LogP contribution in [0.2, 0.25) is 0 Å². The Morgan fingerprint density at radius 3 is 2.81 bits per heavy atom. The molecule has 4 rings (SSSR count). The molecule has 0 fully saturated rings. The van der Waals surface area contributed by atoms with Crippen LogP contribution in [0.5, 0.6) is 0 Å². The third-order valence-corrected chi connectivity index (χ3v) is 5.81. The van der Waals surface area contributed by atoms with Crippen molar-refractivity contribution < 1.29 is 5.11 Å². The number of anilines is 2. The van der Waals surface area contributed by atoms with Gasteiger partial charge in [-0.25, -0.2) is 9.97 Å². The summed E-state index contributed by atoms with van der Waals surface area (Å²) in [7, 11) is 0. The normalized spacial score (nSPS) is 14.1. The first-order chi connectivity index (χ1) is 15.0. The van der Waals surface area contributed by atoms with Crippen molar-refractivity contribution in [3.05, 3.63) is 53.5 Å². The number of unbranched alkanes of at least 4 members (excludes halogenated alkanes) is 1. The van der Waals surface area contributed by atoms with Crippen molar-refractivity contribution in [2.75, 3.05) is 25.0 Å². The van der Waals surface area contributed by atoms with Gasteiger partial charge in [0.05, 0.1) is 11.9 Å². The van der Waals surface area contributed by atoms with Crippen LogP contribution in [0.4, 0.5) is 11.6 Å². The van der Waals surface area contributed by atoms with E-state index in [-0.39, 0.29) is 6.61 Å². The molecule has 7 heteroatoms. The van der Waals surface area contributed by atoms with Gasteiger partial charge in [-0.2, -0.15) is 5.10 Å². The average Bonchev–Trinajstić information content (AvgIpc) is 3.26. The highest BCUT2D eigenvalue weighted by Crippen LogP contribution is 2.26. The molecule has 3 heterocycles. The summed E-state index contributed by atoms with van der Waals surface area (Å²) in [5.74, 6) is 0.597. The maximum absolute atomic E-state index is 8.99. The maximum Gasteiger partial charge on any atom is 0.227 e. The van der Waals surface area contributed by atoms with E-state index in [4.69, 9.17) is 10.1 Å². The van der Waals surface area contributed by atoms with Crippen LogP contribution < -0.4 is 5.32 Å². The number of benzene rings is 1. The van der Waals surface area contributed by atoms with Crippen molar-refractivity contribution in [2.45, 2.75) is 52.6 Å². The standard InChI is InChI=1S/C24H32N6O/c1-17(2)30-16-21(14-26-30)23-18(3)13-25-24(28-23)27-22-7-6-20-15-29(9-4-5-11-31)10-8-19(20)12-22/h6-7,12-14,16-17,31H,4-5,8-11,15H2,1-3H3,(H,25,27,28). The summed E-state index contributed by atoms with van der Waals surface area (Å²) < 4.78 is 1.95. The second-order valence-electron chi connectivity index (χ2n) is 8.59. The number of hydrogen-bond acceptors (Lipinski definition) is 6. The summed E-state index contributed by atoms with van der Waals surface area (Å²) >= 11 is 0. The number of rotatable bonds is 8. The van der Waals surface area contributed by atoms with Gasteiger partial charge in [0.2, 0.25) is 5.95 Å². The van der Waals surface area contributed by atoms with Crippen molar-refractivity contribution in [1.82, 2.24) is 24.6 Å². The molecule has 0 amide bonds. The van der Waals surface area contributed by atoms with Crippen LogP contribution in [0.3, 0.4) is 0 Å². The summed E-state index contributed by atoms with van der Waals surface area (Å²) in [5, 5.41) is 16.8. The molecule has 3 aromatic rings. The van der Waals surface area contributed by atoms with Crippen LogP contribution in [-0.4, -0.2) is 49.5 Å². The van der Waals surface area contributed by atoms with Gasteiger partial charge < -0.3 is 10.4 Å². The number of aliphatic hydroxyl groups excluding tert-OH is 1. The number of aryl methyl sites for hydroxylation is 1.